The molecule has 0 radical (unpaired) electrons. The molecule has 5 nitrogen and oxygen atoms in total. The molecule has 1 heterocycles. The van der Waals surface area contributed by atoms with Crippen molar-refractivity contribution < 1.29 is 14.3 Å². The highest BCUT2D eigenvalue weighted by Gasteiger charge is 2.29. The number of fused-ring (bicyclic) bond motifs is 1. The molecule has 1 N–H and O–H groups in total. The van der Waals surface area contributed by atoms with E-state index in [1.165, 1.54) is 39.0 Å². The molecule has 0 fully saturated rings. The highest BCUT2D eigenvalue weighted by Crippen LogP contribution is 2.35. The minimum Gasteiger partial charge on any atom is -0.479 e. The zero-order valence-electron chi connectivity index (χ0n) is 19.9. The second-order valence-electron chi connectivity index (χ2n) is 8.23. The molecule has 1 aliphatic heterocycles. The van der Waals surface area contributed by atoms with Gasteiger partial charge >= 0.3 is 0 Å². The molecule has 2 aromatic rings. The Balaban J connectivity index is 0.000000479. The van der Waals surface area contributed by atoms with Crippen molar-refractivity contribution in [2.24, 2.45) is 0 Å². The molecule has 0 aliphatic carbocycles. The lowest BCUT2D eigenvalue weighted by molar-refractivity contribution is -0.123. The molecular weight excluding hydrogens is 459 g/mol. The van der Waals surface area contributed by atoms with Gasteiger partial charge in [0.05, 0.1) is 34.5 Å². The van der Waals surface area contributed by atoms with Gasteiger partial charge in [-0.1, -0.05) is 87.4 Å². The average molecular weight is 493 g/mol. The fourth-order valence-corrected chi connectivity index (χ4v) is 3.93. The van der Waals surface area contributed by atoms with Crippen LogP contribution in [0, 0.1) is 6.92 Å². The number of para-hydroxylation sites is 2. The van der Waals surface area contributed by atoms with Gasteiger partial charge < -0.3 is 15.0 Å². The van der Waals surface area contributed by atoms with Gasteiger partial charge in [-0.25, -0.2) is 0 Å². The number of Topliss-reactive ketones (excluding diaryl/α,β-unsaturated/α-hetero) is 1. The molecule has 0 spiro atoms. The Morgan fingerprint density at radius 3 is 2.36 bits per heavy atom. The van der Waals surface area contributed by atoms with Gasteiger partial charge in [-0.05, 0) is 37.6 Å². The summed E-state index contributed by atoms with van der Waals surface area (Å²) in [6.07, 6.45) is 6.40. The number of unbranched alkanes of at least 4 members (excludes halogenated alkanes) is 4. The summed E-state index contributed by atoms with van der Waals surface area (Å²) in [5, 5.41) is 3.56. The molecule has 0 aromatic heterocycles. The third-order valence-electron chi connectivity index (χ3n) is 5.40. The third kappa shape index (κ3) is 7.94. The lowest BCUT2D eigenvalue weighted by Crippen LogP contribution is -2.46. The van der Waals surface area contributed by atoms with E-state index < -0.39 is 6.10 Å². The lowest BCUT2D eigenvalue weighted by Gasteiger charge is -2.34. The van der Waals surface area contributed by atoms with E-state index in [1.807, 2.05) is 30.0 Å². The maximum atomic E-state index is 12.6. The Morgan fingerprint density at radius 2 is 1.73 bits per heavy atom. The number of ketones is 1. The van der Waals surface area contributed by atoms with E-state index in [4.69, 9.17) is 27.9 Å². The minimum absolute atomic E-state index is 0.0464. The maximum absolute atomic E-state index is 12.6. The minimum atomic E-state index is -0.608. The van der Waals surface area contributed by atoms with Crippen molar-refractivity contribution in [3.63, 3.8) is 0 Å². The Kier molecular flexibility index (Phi) is 11.0. The number of hydrogen-bond donors (Lipinski definition) is 1. The number of amides is 1. The summed E-state index contributed by atoms with van der Waals surface area (Å²) >= 11 is 12.4. The molecule has 0 saturated heterocycles. The van der Waals surface area contributed by atoms with Crippen molar-refractivity contribution in [1.29, 1.82) is 0 Å². The van der Waals surface area contributed by atoms with Crippen LogP contribution >= 0.6 is 23.2 Å². The molecule has 2 aromatic carbocycles. The van der Waals surface area contributed by atoms with Gasteiger partial charge in [0, 0.05) is 0 Å². The number of benzene rings is 2. The molecule has 1 aliphatic rings. The number of halogens is 2. The third-order valence-corrected chi connectivity index (χ3v) is 6.21. The van der Waals surface area contributed by atoms with E-state index in [9.17, 15) is 9.59 Å². The molecule has 33 heavy (non-hydrogen) atoms. The van der Waals surface area contributed by atoms with Crippen LogP contribution in [0.4, 0.5) is 11.4 Å². The summed E-state index contributed by atoms with van der Waals surface area (Å²) in [7, 11) is 0. The molecular formula is C26H34Cl2N2O3. The number of hydrogen-bond acceptors (Lipinski definition) is 4. The largest absolute Gasteiger partial charge is 0.479 e. The van der Waals surface area contributed by atoms with Gasteiger partial charge in [0.25, 0.3) is 0 Å². The number of carbonyl (C=O) groups excluding carboxylic acids is 2. The summed E-state index contributed by atoms with van der Waals surface area (Å²) in [5.74, 6) is 0.214. The molecule has 0 bridgehead atoms. The van der Waals surface area contributed by atoms with Crippen LogP contribution in [-0.4, -0.2) is 30.9 Å². The number of nitrogens with zero attached hydrogens (tertiary/aromatic N) is 1. The van der Waals surface area contributed by atoms with Crippen LogP contribution in [0.3, 0.4) is 0 Å². The van der Waals surface area contributed by atoms with Crippen molar-refractivity contribution in [1.82, 2.24) is 0 Å². The first-order valence-corrected chi connectivity index (χ1v) is 12.3. The van der Waals surface area contributed by atoms with Crippen molar-refractivity contribution in [2.45, 2.75) is 65.9 Å². The van der Waals surface area contributed by atoms with Gasteiger partial charge in [-0.2, -0.15) is 0 Å². The number of ether oxygens (including phenoxy) is 1. The van der Waals surface area contributed by atoms with Crippen LogP contribution < -0.4 is 15.0 Å². The SMILES string of the molecule is CC(=O)C1CN(CC(=O)Nc2c(Cl)ccc(C)c2Cl)c2ccccc2O1.CCCCCCC. The first kappa shape index (κ1) is 27.0. The first-order valence-electron chi connectivity index (χ1n) is 11.5. The van der Waals surface area contributed by atoms with E-state index in [2.05, 4.69) is 19.2 Å². The quantitative estimate of drug-likeness (QED) is 0.400. The van der Waals surface area contributed by atoms with Crippen LogP contribution in [0.1, 0.15) is 58.4 Å². The number of rotatable bonds is 8. The molecule has 1 unspecified atom stereocenters. The highest BCUT2D eigenvalue weighted by molar-refractivity contribution is 6.40. The topological polar surface area (TPSA) is 58.6 Å². The summed E-state index contributed by atoms with van der Waals surface area (Å²) in [6.45, 7) is 8.15. The summed E-state index contributed by atoms with van der Waals surface area (Å²) in [4.78, 5) is 26.2. The Labute approximate surface area is 207 Å². The van der Waals surface area contributed by atoms with Crippen molar-refractivity contribution in [3.05, 3.63) is 52.0 Å². The zero-order valence-corrected chi connectivity index (χ0v) is 21.4. The van der Waals surface area contributed by atoms with E-state index in [0.717, 1.165) is 11.3 Å². The number of carbonyl (C=O) groups is 2. The van der Waals surface area contributed by atoms with Crippen LogP contribution in [0.5, 0.6) is 5.75 Å². The van der Waals surface area contributed by atoms with E-state index in [-0.39, 0.29) is 18.2 Å². The van der Waals surface area contributed by atoms with E-state index >= 15 is 0 Å². The smallest absolute Gasteiger partial charge is 0.243 e. The number of aryl methyl sites for hydroxylation is 1. The first-order chi connectivity index (χ1) is 15.8. The standard InChI is InChI=1S/C19H18Cl2N2O3.C7H16/c1-11-7-8-13(20)19(18(11)21)22-17(25)10-23-9-16(12(2)24)26-15-6-4-3-5-14(15)23;1-3-5-7-6-4-2/h3-8,16H,9-10H2,1-2H3,(H,22,25);3-7H2,1-2H3. The predicted molar refractivity (Wildman–Crippen MR) is 138 cm³/mol. The van der Waals surface area contributed by atoms with Gasteiger partial charge in [0.2, 0.25) is 5.91 Å². The molecule has 3 rings (SSSR count). The molecule has 7 heteroatoms. The van der Waals surface area contributed by atoms with Crippen molar-refractivity contribution >= 4 is 46.3 Å². The normalized spacial score (nSPS) is 14.5. The van der Waals surface area contributed by atoms with Gasteiger partial charge in [-0.3, -0.25) is 9.59 Å². The van der Waals surface area contributed by atoms with Gasteiger partial charge in [0.15, 0.2) is 11.9 Å². The van der Waals surface area contributed by atoms with Crippen LogP contribution in [0.25, 0.3) is 0 Å². The summed E-state index contributed by atoms with van der Waals surface area (Å²) in [5.41, 5.74) is 1.98. The second kappa shape index (κ2) is 13.5. The monoisotopic (exact) mass is 492 g/mol. The Morgan fingerprint density at radius 1 is 1.06 bits per heavy atom. The Hall–Kier alpha value is -2.24. The summed E-state index contributed by atoms with van der Waals surface area (Å²) < 4.78 is 5.71. The van der Waals surface area contributed by atoms with Gasteiger partial charge in [0.1, 0.15) is 5.75 Å². The number of anilines is 2. The van der Waals surface area contributed by atoms with Gasteiger partial charge in [-0.15, -0.1) is 0 Å². The fourth-order valence-electron chi connectivity index (χ4n) is 3.47. The molecule has 1 amide bonds. The van der Waals surface area contributed by atoms with Crippen LogP contribution in [-0.2, 0) is 9.59 Å². The zero-order chi connectivity index (χ0) is 24.4. The molecule has 0 saturated carbocycles. The lowest BCUT2D eigenvalue weighted by atomic mass is 10.1. The van der Waals surface area contributed by atoms with Crippen LogP contribution in [0.2, 0.25) is 10.0 Å². The highest BCUT2D eigenvalue weighted by atomic mass is 35.5. The van der Waals surface area contributed by atoms with Crippen molar-refractivity contribution in [2.75, 3.05) is 23.3 Å². The number of nitrogens with one attached hydrogen (secondary N) is 1. The van der Waals surface area contributed by atoms with E-state index in [0.29, 0.717) is 28.0 Å². The molecule has 180 valence electrons. The predicted octanol–water partition coefficient (Wildman–Crippen LogP) is 7.07. The Bertz CT molecular complexity index is 945. The van der Waals surface area contributed by atoms with Crippen LogP contribution in [0.15, 0.2) is 36.4 Å². The average Bonchev–Trinajstić information content (AvgIpc) is 2.80. The molecule has 1 atom stereocenters. The van der Waals surface area contributed by atoms with Crippen molar-refractivity contribution in [3.8, 4) is 5.75 Å². The summed E-state index contributed by atoms with van der Waals surface area (Å²) in [6, 6.07) is 10.8. The van der Waals surface area contributed by atoms with E-state index in [1.54, 1.807) is 18.2 Å². The fraction of sp³-hybridized carbons (Fsp3) is 0.462. The second-order valence-corrected chi connectivity index (χ2v) is 9.01. The maximum Gasteiger partial charge on any atom is 0.243 e.